The monoisotopic (exact) mass is 318 g/mol. The van der Waals surface area contributed by atoms with E-state index in [2.05, 4.69) is 0 Å². The van der Waals surface area contributed by atoms with E-state index in [4.69, 9.17) is 5.73 Å². The van der Waals surface area contributed by atoms with E-state index in [1.165, 1.54) is 0 Å². The number of hydrogen-bond donors (Lipinski definition) is 1. The predicted molar refractivity (Wildman–Crippen MR) is 80.3 cm³/mol. The van der Waals surface area contributed by atoms with Crippen LogP contribution in [-0.2, 0) is 11.2 Å². The van der Waals surface area contributed by atoms with Gasteiger partial charge in [-0.2, -0.15) is 0 Å². The fourth-order valence-corrected chi connectivity index (χ4v) is 2.62. The molecule has 0 saturated carbocycles. The first-order chi connectivity index (χ1) is 9.47. The molecule has 1 saturated heterocycles. The van der Waals surface area contributed by atoms with Crippen molar-refractivity contribution >= 4 is 18.3 Å². The van der Waals surface area contributed by atoms with Gasteiger partial charge in [-0.25, -0.2) is 8.78 Å². The van der Waals surface area contributed by atoms with Crippen LogP contribution >= 0.6 is 12.4 Å². The largest absolute Gasteiger partial charge is 0.342 e. The Bertz CT molecular complexity index is 497. The number of hydrogen-bond acceptors (Lipinski definition) is 2. The normalized spacial score (nSPS) is 19.8. The van der Waals surface area contributed by atoms with Crippen molar-refractivity contribution in [1.82, 2.24) is 4.90 Å². The summed E-state index contributed by atoms with van der Waals surface area (Å²) in [4.78, 5) is 13.9. The molecule has 2 N–H and O–H groups in total. The lowest BCUT2D eigenvalue weighted by Gasteiger charge is -2.34. The topological polar surface area (TPSA) is 46.3 Å². The molecule has 1 aromatic rings. The van der Waals surface area contributed by atoms with Crippen LogP contribution < -0.4 is 5.73 Å². The Balaban J connectivity index is 0.00000220. The zero-order valence-electron chi connectivity index (χ0n) is 12.0. The van der Waals surface area contributed by atoms with Crippen LogP contribution in [-0.4, -0.2) is 29.9 Å². The van der Waals surface area contributed by atoms with Crippen molar-refractivity contribution in [3.8, 4) is 0 Å². The second-order valence-electron chi connectivity index (χ2n) is 5.51. The Labute approximate surface area is 129 Å². The number of halogens is 3. The van der Waals surface area contributed by atoms with E-state index in [1.807, 2.05) is 6.92 Å². The summed E-state index contributed by atoms with van der Waals surface area (Å²) in [6.07, 6.45) is 1.81. The van der Waals surface area contributed by atoms with Gasteiger partial charge in [0.25, 0.3) is 0 Å². The molecule has 1 aromatic carbocycles. The fourth-order valence-electron chi connectivity index (χ4n) is 2.62. The number of rotatable bonds is 3. The van der Waals surface area contributed by atoms with E-state index in [-0.39, 0.29) is 42.3 Å². The maximum atomic E-state index is 13.5. The van der Waals surface area contributed by atoms with Crippen molar-refractivity contribution in [2.75, 3.05) is 13.1 Å². The van der Waals surface area contributed by atoms with Gasteiger partial charge in [0.1, 0.15) is 11.6 Å². The van der Waals surface area contributed by atoms with Crippen LogP contribution in [0.2, 0.25) is 0 Å². The van der Waals surface area contributed by atoms with Crippen molar-refractivity contribution in [3.05, 3.63) is 35.4 Å². The van der Waals surface area contributed by atoms with E-state index in [1.54, 1.807) is 4.90 Å². The molecule has 3 nitrogen and oxygen atoms in total. The van der Waals surface area contributed by atoms with Gasteiger partial charge in [-0.05, 0) is 43.9 Å². The number of carbonyl (C=O) groups excluding carboxylic acids is 1. The molecule has 6 heteroatoms. The first-order valence-corrected chi connectivity index (χ1v) is 6.94. The van der Waals surface area contributed by atoms with Gasteiger partial charge in [0.15, 0.2) is 0 Å². The zero-order chi connectivity index (χ0) is 14.7. The van der Waals surface area contributed by atoms with Gasteiger partial charge in [0, 0.05) is 24.7 Å². The number of amides is 1. The Morgan fingerprint density at radius 3 is 2.86 bits per heavy atom. The summed E-state index contributed by atoms with van der Waals surface area (Å²) in [5.41, 5.74) is 5.99. The molecular weight excluding hydrogens is 298 g/mol. The smallest absolute Gasteiger partial charge is 0.227 e. The minimum absolute atomic E-state index is 0. The summed E-state index contributed by atoms with van der Waals surface area (Å²) in [7, 11) is 0. The maximum Gasteiger partial charge on any atom is 0.227 e. The molecule has 2 unspecified atom stereocenters. The number of benzene rings is 1. The van der Waals surface area contributed by atoms with Crippen LogP contribution in [0.3, 0.4) is 0 Å². The number of piperidine rings is 1. The summed E-state index contributed by atoms with van der Waals surface area (Å²) in [5, 5.41) is 0. The molecule has 1 heterocycles. The van der Waals surface area contributed by atoms with Crippen molar-refractivity contribution in [1.29, 1.82) is 0 Å². The van der Waals surface area contributed by atoms with Gasteiger partial charge in [-0.15, -0.1) is 12.4 Å². The molecule has 1 fully saturated rings. The van der Waals surface area contributed by atoms with Crippen molar-refractivity contribution in [2.24, 2.45) is 11.7 Å². The standard InChI is InChI=1S/C15H20F2N2O.ClH/c1-10(18)11-3-2-6-19(9-11)15(20)8-12-7-13(16)4-5-14(12)17;/h4-5,7,10-11H,2-3,6,8-9,18H2,1H3;1H. The summed E-state index contributed by atoms with van der Waals surface area (Å²) in [6, 6.07) is 3.23. The molecule has 1 aliphatic heterocycles. The lowest BCUT2D eigenvalue weighted by molar-refractivity contribution is -0.132. The molecule has 2 atom stereocenters. The van der Waals surface area contributed by atoms with Gasteiger partial charge in [0.2, 0.25) is 5.91 Å². The number of likely N-dealkylation sites (tertiary alicyclic amines) is 1. The second-order valence-corrected chi connectivity index (χ2v) is 5.51. The highest BCUT2D eigenvalue weighted by molar-refractivity contribution is 5.85. The molecule has 118 valence electrons. The van der Waals surface area contributed by atoms with E-state index in [0.717, 1.165) is 31.0 Å². The van der Waals surface area contributed by atoms with Crippen LogP contribution in [0.25, 0.3) is 0 Å². The Morgan fingerprint density at radius 1 is 1.48 bits per heavy atom. The molecule has 0 spiro atoms. The number of carbonyl (C=O) groups is 1. The first kappa shape index (κ1) is 17.9. The van der Waals surface area contributed by atoms with E-state index in [9.17, 15) is 13.6 Å². The molecule has 0 aliphatic carbocycles. The molecule has 0 aromatic heterocycles. The minimum Gasteiger partial charge on any atom is -0.342 e. The van der Waals surface area contributed by atoms with Crippen LogP contribution in [0.5, 0.6) is 0 Å². The molecule has 0 radical (unpaired) electrons. The quantitative estimate of drug-likeness (QED) is 0.931. The number of nitrogens with zero attached hydrogens (tertiary/aromatic N) is 1. The minimum atomic E-state index is -0.541. The lowest BCUT2D eigenvalue weighted by Crippen LogP contribution is -2.45. The third-order valence-corrected chi connectivity index (χ3v) is 3.90. The van der Waals surface area contributed by atoms with Crippen molar-refractivity contribution in [2.45, 2.75) is 32.2 Å². The summed E-state index contributed by atoms with van der Waals surface area (Å²) < 4.78 is 26.6. The molecular formula is C15H21ClF2N2O. The van der Waals surface area contributed by atoms with E-state index >= 15 is 0 Å². The maximum absolute atomic E-state index is 13.5. The van der Waals surface area contributed by atoms with Crippen LogP contribution in [0.1, 0.15) is 25.3 Å². The van der Waals surface area contributed by atoms with Crippen LogP contribution in [0.4, 0.5) is 8.78 Å². The van der Waals surface area contributed by atoms with Gasteiger partial charge in [-0.3, -0.25) is 4.79 Å². The summed E-state index contributed by atoms with van der Waals surface area (Å²) in [6.45, 7) is 3.21. The van der Waals surface area contributed by atoms with Gasteiger partial charge in [0.05, 0.1) is 6.42 Å². The molecule has 1 amide bonds. The van der Waals surface area contributed by atoms with Crippen molar-refractivity contribution in [3.63, 3.8) is 0 Å². The fraction of sp³-hybridized carbons (Fsp3) is 0.533. The third-order valence-electron chi connectivity index (χ3n) is 3.90. The molecule has 2 rings (SSSR count). The second kappa shape index (κ2) is 7.71. The average Bonchev–Trinajstić information content (AvgIpc) is 2.43. The van der Waals surface area contributed by atoms with E-state index in [0.29, 0.717) is 13.1 Å². The summed E-state index contributed by atoms with van der Waals surface area (Å²) in [5.74, 6) is -0.952. The highest BCUT2D eigenvalue weighted by Crippen LogP contribution is 2.20. The highest BCUT2D eigenvalue weighted by Gasteiger charge is 2.26. The lowest BCUT2D eigenvalue weighted by atomic mass is 9.92. The Kier molecular flexibility index (Phi) is 6.55. The van der Waals surface area contributed by atoms with Crippen LogP contribution in [0.15, 0.2) is 18.2 Å². The molecule has 21 heavy (non-hydrogen) atoms. The Hall–Kier alpha value is -1.20. The van der Waals surface area contributed by atoms with Gasteiger partial charge >= 0.3 is 0 Å². The number of nitrogens with two attached hydrogens (primary N) is 1. The molecule has 1 aliphatic rings. The zero-order valence-corrected chi connectivity index (χ0v) is 12.8. The van der Waals surface area contributed by atoms with Crippen molar-refractivity contribution < 1.29 is 13.6 Å². The van der Waals surface area contributed by atoms with Gasteiger partial charge in [-0.1, -0.05) is 0 Å². The predicted octanol–water partition coefficient (Wildman–Crippen LogP) is 2.51. The SMILES string of the molecule is CC(N)C1CCCN(C(=O)Cc2cc(F)ccc2F)C1.Cl. The highest BCUT2D eigenvalue weighted by atomic mass is 35.5. The summed E-state index contributed by atoms with van der Waals surface area (Å²) >= 11 is 0. The third kappa shape index (κ3) is 4.64. The average molecular weight is 319 g/mol. The van der Waals surface area contributed by atoms with Crippen LogP contribution in [0, 0.1) is 17.6 Å². The molecule has 0 bridgehead atoms. The Morgan fingerprint density at radius 2 is 2.19 bits per heavy atom. The van der Waals surface area contributed by atoms with E-state index < -0.39 is 11.6 Å². The van der Waals surface area contributed by atoms with Gasteiger partial charge < -0.3 is 10.6 Å². The first-order valence-electron chi connectivity index (χ1n) is 6.94.